The minimum atomic E-state index is -1.27. The molecule has 1 saturated heterocycles. The standard InChI is InChI=1S/C28H23N7O7S2/c1-34-28(31-32-33-34)44-13-15-12-43-26-20(25(39)35(26)21(15)27(40)41)30-24(38)19(14-7-3-2-4-8-14)29-23(37)17-11-42-18-10-6-5-9-16(18)22(17)36/h2-11,19-20,26H,12-13H2,1H3,(H,29,37)(H,30,38)(H,40,41)/t19?,20-,26+/m1/s1. The maximum atomic E-state index is 13.6. The Labute approximate surface area is 256 Å². The maximum absolute atomic E-state index is 13.6. The van der Waals surface area contributed by atoms with Gasteiger partial charge in [-0.05, 0) is 33.7 Å². The summed E-state index contributed by atoms with van der Waals surface area (Å²) in [5, 5.41) is 26.5. The van der Waals surface area contributed by atoms with E-state index < -0.39 is 46.6 Å². The molecule has 16 heteroatoms. The number of fused-ring (bicyclic) bond motifs is 2. The molecule has 0 aliphatic carbocycles. The summed E-state index contributed by atoms with van der Waals surface area (Å²) in [7, 11) is 1.66. The maximum Gasteiger partial charge on any atom is 0.352 e. The number of amides is 3. The van der Waals surface area contributed by atoms with Crippen molar-refractivity contribution in [3.63, 3.8) is 0 Å². The molecule has 4 heterocycles. The van der Waals surface area contributed by atoms with E-state index in [1.165, 1.54) is 39.2 Å². The number of β-lactam (4-membered cyclic amide) rings is 1. The van der Waals surface area contributed by atoms with Gasteiger partial charge in [-0.25, -0.2) is 9.48 Å². The third-order valence-corrected chi connectivity index (χ3v) is 9.54. The Balaban J connectivity index is 1.21. The van der Waals surface area contributed by atoms with Crippen molar-refractivity contribution in [2.45, 2.75) is 22.6 Å². The Morgan fingerprint density at radius 3 is 2.61 bits per heavy atom. The van der Waals surface area contributed by atoms with E-state index >= 15 is 0 Å². The van der Waals surface area contributed by atoms with Crippen molar-refractivity contribution in [1.29, 1.82) is 0 Å². The third-order valence-electron chi connectivity index (χ3n) is 7.10. The van der Waals surface area contributed by atoms with Crippen molar-refractivity contribution in [3.8, 4) is 0 Å². The highest BCUT2D eigenvalue weighted by molar-refractivity contribution is 8.01. The first-order valence-electron chi connectivity index (χ1n) is 13.2. The van der Waals surface area contributed by atoms with E-state index in [1.54, 1.807) is 55.6 Å². The molecular weight excluding hydrogens is 610 g/mol. The monoisotopic (exact) mass is 633 g/mol. The topological polar surface area (TPSA) is 190 Å². The summed E-state index contributed by atoms with van der Waals surface area (Å²) in [6, 6.07) is 12.5. The number of aromatic nitrogens is 4. The van der Waals surface area contributed by atoms with Crippen LogP contribution in [0.1, 0.15) is 22.0 Å². The number of tetrazole rings is 1. The minimum Gasteiger partial charge on any atom is -0.477 e. The number of nitrogens with one attached hydrogen (secondary N) is 2. The molecule has 0 saturated carbocycles. The van der Waals surface area contributed by atoms with Crippen molar-refractivity contribution in [3.05, 3.63) is 93.5 Å². The number of carbonyl (C=O) groups excluding carboxylic acids is 3. The predicted molar refractivity (Wildman–Crippen MR) is 158 cm³/mol. The Bertz CT molecular complexity index is 1890. The molecule has 0 spiro atoms. The minimum absolute atomic E-state index is 0.136. The second kappa shape index (κ2) is 12.0. The van der Waals surface area contributed by atoms with Crippen LogP contribution in [0, 0.1) is 0 Å². The van der Waals surface area contributed by atoms with Crippen LogP contribution < -0.4 is 16.1 Å². The van der Waals surface area contributed by atoms with E-state index in [1.807, 2.05) is 0 Å². The van der Waals surface area contributed by atoms with Gasteiger partial charge in [0.15, 0.2) is 0 Å². The van der Waals surface area contributed by atoms with E-state index in [0.717, 1.165) is 6.26 Å². The number of thioether (sulfide) groups is 2. The molecule has 3 N–H and O–H groups in total. The van der Waals surface area contributed by atoms with E-state index in [9.17, 15) is 29.1 Å². The van der Waals surface area contributed by atoms with E-state index in [2.05, 4.69) is 26.2 Å². The van der Waals surface area contributed by atoms with Gasteiger partial charge in [-0.3, -0.25) is 24.1 Å². The summed E-state index contributed by atoms with van der Waals surface area (Å²) in [4.78, 5) is 66.5. The first kappa shape index (κ1) is 29.1. The summed E-state index contributed by atoms with van der Waals surface area (Å²) < 4.78 is 6.92. The van der Waals surface area contributed by atoms with Crippen LogP contribution in [0.15, 0.2) is 86.5 Å². The average molecular weight is 634 g/mol. The second-order valence-electron chi connectivity index (χ2n) is 9.82. The molecular formula is C28H23N7O7S2. The summed E-state index contributed by atoms with van der Waals surface area (Å²) >= 11 is 2.56. The van der Waals surface area contributed by atoms with Crippen LogP contribution >= 0.6 is 23.5 Å². The van der Waals surface area contributed by atoms with Gasteiger partial charge in [0, 0.05) is 18.6 Å². The molecule has 4 aromatic rings. The summed E-state index contributed by atoms with van der Waals surface area (Å²) in [5.74, 6) is -2.84. The van der Waals surface area contributed by atoms with Crippen LogP contribution in [0.5, 0.6) is 0 Å². The van der Waals surface area contributed by atoms with Crippen molar-refractivity contribution in [1.82, 2.24) is 35.7 Å². The number of carboxylic acids is 1. The van der Waals surface area contributed by atoms with Gasteiger partial charge in [-0.2, -0.15) is 0 Å². The number of carbonyl (C=O) groups is 4. The number of aliphatic carboxylic acids is 1. The fraction of sp³-hybridized carbons (Fsp3) is 0.214. The highest BCUT2D eigenvalue weighted by Gasteiger charge is 2.54. The van der Waals surface area contributed by atoms with Gasteiger partial charge in [0.25, 0.3) is 11.8 Å². The summed E-state index contributed by atoms with van der Waals surface area (Å²) in [6.07, 6.45) is 1.04. The van der Waals surface area contributed by atoms with Gasteiger partial charge in [0.1, 0.15) is 40.6 Å². The summed E-state index contributed by atoms with van der Waals surface area (Å²) in [5.41, 5.74) is 0.261. The van der Waals surface area contributed by atoms with Crippen LogP contribution in [0.2, 0.25) is 0 Å². The quantitative estimate of drug-likeness (QED) is 0.177. The number of hydrogen-bond donors (Lipinski definition) is 3. The van der Waals surface area contributed by atoms with Gasteiger partial charge in [-0.1, -0.05) is 54.2 Å². The number of carboxylic acid groups (broad SMARTS) is 1. The Morgan fingerprint density at radius 2 is 1.89 bits per heavy atom. The van der Waals surface area contributed by atoms with Crippen LogP contribution in [0.3, 0.4) is 0 Å². The number of para-hydroxylation sites is 1. The zero-order chi connectivity index (χ0) is 31.0. The number of benzene rings is 2. The molecule has 0 bridgehead atoms. The average Bonchev–Trinajstić information content (AvgIpc) is 3.45. The van der Waals surface area contributed by atoms with Crippen LogP contribution in [0.25, 0.3) is 11.0 Å². The normalized spacial score (nSPS) is 18.4. The van der Waals surface area contributed by atoms with Gasteiger partial charge in [-0.15, -0.1) is 16.9 Å². The molecule has 0 radical (unpaired) electrons. The van der Waals surface area contributed by atoms with Crippen LogP contribution in [-0.2, 0) is 21.4 Å². The SMILES string of the molecule is Cn1nnnc1SCC1=C(C(=O)O)N2C(=O)[C@@H](NC(=O)C(NC(=O)c3coc4ccccc4c3=O)c3ccccc3)[C@@H]2SC1. The first-order chi connectivity index (χ1) is 21.2. The van der Waals surface area contributed by atoms with Crippen molar-refractivity contribution in [2.75, 3.05) is 11.5 Å². The molecule has 2 aliphatic heterocycles. The molecule has 2 aliphatic rings. The lowest BCUT2D eigenvalue weighted by molar-refractivity contribution is -0.151. The number of nitrogens with zero attached hydrogens (tertiary/aromatic N) is 5. The number of hydrogen-bond acceptors (Lipinski definition) is 11. The lowest BCUT2D eigenvalue weighted by Gasteiger charge is -2.49. The molecule has 3 amide bonds. The molecule has 1 unspecified atom stereocenters. The molecule has 1 fully saturated rings. The first-order valence-corrected chi connectivity index (χ1v) is 15.2. The van der Waals surface area contributed by atoms with Gasteiger partial charge in [0.05, 0.1) is 5.39 Å². The van der Waals surface area contributed by atoms with E-state index in [0.29, 0.717) is 27.6 Å². The largest absolute Gasteiger partial charge is 0.477 e. The fourth-order valence-corrected chi connectivity index (χ4v) is 7.25. The van der Waals surface area contributed by atoms with Gasteiger partial charge < -0.3 is 20.2 Å². The highest BCUT2D eigenvalue weighted by Crippen LogP contribution is 2.41. The van der Waals surface area contributed by atoms with E-state index in [-0.39, 0.29) is 22.4 Å². The Kier molecular flexibility index (Phi) is 7.92. The second-order valence-corrected chi connectivity index (χ2v) is 11.9. The highest BCUT2D eigenvalue weighted by atomic mass is 32.2. The summed E-state index contributed by atoms with van der Waals surface area (Å²) in [6.45, 7) is 0. The van der Waals surface area contributed by atoms with Gasteiger partial charge in [0.2, 0.25) is 16.5 Å². The molecule has 2 aromatic carbocycles. The predicted octanol–water partition coefficient (Wildman–Crippen LogP) is 1.32. The molecule has 224 valence electrons. The molecule has 14 nitrogen and oxygen atoms in total. The molecule has 2 aromatic heterocycles. The third kappa shape index (κ3) is 5.33. The smallest absolute Gasteiger partial charge is 0.352 e. The number of rotatable bonds is 9. The fourth-order valence-electron chi connectivity index (χ4n) is 4.92. The van der Waals surface area contributed by atoms with Crippen LogP contribution in [0.4, 0.5) is 0 Å². The Hall–Kier alpha value is -4.96. The molecule has 44 heavy (non-hydrogen) atoms. The van der Waals surface area contributed by atoms with Crippen molar-refractivity contribution in [2.24, 2.45) is 7.05 Å². The molecule has 6 rings (SSSR count). The zero-order valence-corrected chi connectivity index (χ0v) is 24.5. The molecule has 3 atom stereocenters. The lowest BCUT2D eigenvalue weighted by atomic mass is 10.0. The van der Waals surface area contributed by atoms with Crippen molar-refractivity contribution >= 4 is 58.2 Å². The zero-order valence-electron chi connectivity index (χ0n) is 22.9. The van der Waals surface area contributed by atoms with Gasteiger partial charge >= 0.3 is 5.97 Å². The number of aryl methyl sites for hydroxylation is 1. The van der Waals surface area contributed by atoms with E-state index in [4.69, 9.17) is 4.42 Å². The van der Waals surface area contributed by atoms with Crippen LogP contribution in [-0.4, -0.2) is 76.8 Å². The lowest BCUT2D eigenvalue weighted by Crippen LogP contribution is -2.71. The van der Waals surface area contributed by atoms with Crippen molar-refractivity contribution < 1.29 is 28.7 Å². The Morgan fingerprint density at radius 1 is 1.14 bits per heavy atom.